The minimum atomic E-state index is -0.399. The summed E-state index contributed by atoms with van der Waals surface area (Å²) >= 11 is 0. The normalized spacial score (nSPS) is 16.5. The SMILES string of the molecule is C1=CCC(c2nc(-c3ccccc3)nc(-c3ccc4c(c3)C3(c5ccccc5-c5ccccc53)c3ccccc3-4)n2)C=C1. The van der Waals surface area contributed by atoms with Gasteiger partial charge in [-0.1, -0.05) is 140 Å². The fraction of sp³-hybridized carbons (Fsp3) is 0.0750. The number of hydrogen-bond donors (Lipinski definition) is 0. The Morgan fingerprint density at radius 2 is 1.05 bits per heavy atom. The van der Waals surface area contributed by atoms with Crippen molar-refractivity contribution in [3.63, 3.8) is 0 Å². The lowest BCUT2D eigenvalue weighted by Crippen LogP contribution is -2.25. The standard InChI is InChI=1S/C40H27N3/c1-3-13-26(14-4-1)37-41-38(27-15-5-2-6-16-27)43-39(42-37)28-23-24-32-31-19-9-12-22-35(31)40(36(32)25-28)33-20-10-7-17-29(33)30-18-8-11-21-34(30)40/h1-15,17-25,27H,16H2. The summed E-state index contributed by atoms with van der Waals surface area (Å²) in [4.78, 5) is 15.2. The van der Waals surface area contributed by atoms with Gasteiger partial charge in [0.05, 0.1) is 5.41 Å². The van der Waals surface area contributed by atoms with Gasteiger partial charge in [0.25, 0.3) is 0 Å². The summed E-state index contributed by atoms with van der Waals surface area (Å²) in [5, 5.41) is 0. The highest BCUT2D eigenvalue weighted by Gasteiger charge is 2.51. The van der Waals surface area contributed by atoms with Crippen molar-refractivity contribution >= 4 is 0 Å². The Morgan fingerprint density at radius 3 is 1.65 bits per heavy atom. The number of fused-ring (bicyclic) bond motifs is 10. The molecule has 1 heterocycles. The van der Waals surface area contributed by atoms with Crippen LogP contribution >= 0.6 is 0 Å². The third-order valence-corrected chi connectivity index (χ3v) is 9.25. The summed E-state index contributed by atoms with van der Waals surface area (Å²) in [6.07, 6.45) is 9.43. The second-order valence-corrected chi connectivity index (χ2v) is 11.5. The molecule has 43 heavy (non-hydrogen) atoms. The number of rotatable bonds is 3. The fourth-order valence-electron chi connectivity index (χ4n) is 7.41. The number of benzene rings is 5. The highest BCUT2D eigenvalue weighted by Crippen LogP contribution is 2.62. The summed E-state index contributed by atoms with van der Waals surface area (Å²) < 4.78 is 0. The highest BCUT2D eigenvalue weighted by molar-refractivity contribution is 5.95. The van der Waals surface area contributed by atoms with Crippen LogP contribution in [0.5, 0.6) is 0 Å². The molecule has 0 saturated carbocycles. The van der Waals surface area contributed by atoms with E-state index in [0.29, 0.717) is 11.6 Å². The lowest BCUT2D eigenvalue weighted by atomic mass is 9.70. The van der Waals surface area contributed by atoms with Gasteiger partial charge in [-0.3, -0.25) is 0 Å². The minimum Gasteiger partial charge on any atom is -0.212 e. The third kappa shape index (κ3) is 3.45. The smallest absolute Gasteiger partial charge is 0.163 e. The molecule has 0 bridgehead atoms. The molecule has 3 aliphatic carbocycles. The lowest BCUT2D eigenvalue weighted by molar-refractivity contribution is 0.763. The van der Waals surface area contributed by atoms with Gasteiger partial charge in [-0.05, 0) is 57.0 Å². The van der Waals surface area contributed by atoms with Crippen LogP contribution in [0.25, 0.3) is 45.0 Å². The number of allylic oxidation sites excluding steroid dienone is 4. The van der Waals surface area contributed by atoms with Crippen LogP contribution in [0.15, 0.2) is 146 Å². The maximum atomic E-state index is 5.12. The second-order valence-electron chi connectivity index (χ2n) is 11.5. The molecule has 202 valence electrons. The molecule has 1 aromatic heterocycles. The van der Waals surface area contributed by atoms with Crippen LogP contribution in [-0.2, 0) is 5.41 Å². The Hall–Kier alpha value is -5.41. The predicted octanol–water partition coefficient (Wildman–Crippen LogP) is 9.15. The van der Waals surface area contributed by atoms with E-state index < -0.39 is 5.41 Å². The van der Waals surface area contributed by atoms with Crippen LogP contribution in [0, 0.1) is 0 Å². The molecule has 3 heteroatoms. The van der Waals surface area contributed by atoms with Gasteiger partial charge in [-0.2, -0.15) is 0 Å². The van der Waals surface area contributed by atoms with Gasteiger partial charge in [0.2, 0.25) is 0 Å². The van der Waals surface area contributed by atoms with Gasteiger partial charge in [0.15, 0.2) is 11.6 Å². The van der Waals surface area contributed by atoms with Crippen molar-refractivity contribution in [3.05, 3.63) is 174 Å². The van der Waals surface area contributed by atoms with E-state index in [4.69, 9.17) is 15.0 Å². The van der Waals surface area contributed by atoms with Crippen molar-refractivity contribution in [2.24, 2.45) is 0 Å². The number of aromatic nitrogens is 3. The zero-order valence-corrected chi connectivity index (χ0v) is 23.5. The zero-order chi connectivity index (χ0) is 28.4. The maximum absolute atomic E-state index is 5.12. The maximum Gasteiger partial charge on any atom is 0.163 e. The summed E-state index contributed by atoms with van der Waals surface area (Å²) in [6.45, 7) is 0. The molecule has 0 saturated heterocycles. The average molecular weight is 550 g/mol. The Morgan fingerprint density at radius 1 is 0.488 bits per heavy atom. The number of hydrogen-bond acceptors (Lipinski definition) is 3. The lowest BCUT2D eigenvalue weighted by Gasteiger charge is -2.30. The molecule has 1 spiro atoms. The van der Waals surface area contributed by atoms with Gasteiger partial charge in [-0.15, -0.1) is 0 Å². The topological polar surface area (TPSA) is 38.7 Å². The van der Waals surface area contributed by atoms with Crippen LogP contribution in [-0.4, -0.2) is 15.0 Å². The van der Waals surface area contributed by atoms with E-state index in [1.54, 1.807) is 0 Å². The Labute approximate surface area is 251 Å². The molecule has 5 aromatic carbocycles. The molecule has 3 aliphatic rings. The molecule has 0 N–H and O–H groups in total. The summed E-state index contributed by atoms with van der Waals surface area (Å²) in [5.74, 6) is 2.34. The average Bonchev–Trinajstić information content (AvgIpc) is 3.56. The van der Waals surface area contributed by atoms with E-state index in [1.807, 2.05) is 18.2 Å². The zero-order valence-electron chi connectivity index (χ0n) is 23.5. The van der Waals surface area contributed by atoms with Crippen molar-refractivity contribution in [3.8, 4) is 45.0 Å². The Kier molecular flexibility index (Phi) is 5.24. The van der Waals surface area contributed by atoms with Crippen molar-refractivity contribution in [2.75, 3.05) is 0 Å². The summed E-state index contributed by atoms with van der Waals surface area (Å²) in [6, 6.07) is 43.8. The molecule has 6 aromatic rings. The van der Waals surface area contributed by atoms with Gasteiger partial charge in [0, 0.05) is 17.0 Å². The van der Waals surface area contributed by atoms with E-state index in [9.17, 15) is 0 Å². The van der Waals surface area contributed by atoms with Crippen LogP contribution < -0.4 is 0 Å². The third-order valence-electron chi connectivity index (χ3n) is 9.25. The molecule has 3 nitrogen and oxygen atoms in total. The Bertz CT molecular complexity index is 2060. The van der Waals surface area contributed by atoms with Gasteiger partial charge in [-0.25, -0.2) is 15.0 Å². The van der Waals surface area contributed by atoms with Crippen LogP contribution in [0.3, 0.4) is 0 Å². The largest absolute Gasteiger partial charge is 0.212 e. The van der Waals surface area contributed by atoms with Gasteiger partial charge in [0.1, 0.15) is 5.82 Å². The molecular formula is C40H27N3. The highest BCUT2D eigenvalue weighted by atomic mass is 15.0. The summed E-state index contributed by atoms with van der Waals surface area (Å²) in [5.41, 5.74) is 12.0. The van der Waals surface area contributed by atoms with Crippen molar-refractivity contribution < 1.29 is 0 Å². The van der Waals surface area contributed by atoms with E-state index in [1.165, 1.54) is 44.5 Å². The van der Waals surface area contributed by atoms with Crippen molar-refractivity contribution in [1.29, 1.82) is 0 Å². The quantitative estimate of drug-likeness (QED) is 0.221. The van der Waals surface area contributed by atoms with Crippen LogP contribution in [0.1, 0.15) is 40.4 Å². The summed E-state index contributed by atoms with van der Waals surface area (Å²) in [7, 11) is 0. The molecular weight excluding hydrogens is 522 g/mol. The van der Waals surface area contributed by atoms with E-state index in [0.717, 1.165) is 23.4 Å². The molecule has 0 radical (unpaired) electrons. The second kappa shape index (κ2) is 9.30. The molecule has 0 amide bonds. The molecule has 0 aliphatic heterocycles. The minimum absolute atomic E-state index is 0.118. The molecule has 1 atom stereocenters. The van der Waals surface area contributed by atoms with Crippen LogP contribution in [0.2, 0.25) is 0 Å². The first-order chi connectivity index (χ1) is 21.3. The first-order valence-electron chi connectivity index (χ1n) is 14.9. The first kappa shape index (κ1) is 24.2. The monoisotopic (exact) mass is 549 g/mol. The Balaban J connectivity index is 1.31. The van der Waals surface area contributed by atoms with Gasteiger partial charge < -0.3 is 0 Å². The van der Waals surface area contributed by atoms with E-state index >= 15 is 0 Å². The first-order valence-corrected chi connectivity index (χ1v) is 14.9. The molecule has 9 rings (SSSR count). The van der Waals surface area contributed by atoms with Crippen LogP contribution in [0.4, 0.5) is 0 Å². The van der Waals surface area contributed by atoms with Crippen molar-refractivity contribution in [2.45, 2.75) is 17.8 Å². The molecule has 0 fully saturated rings. The van der Waals surface area contributed by atoms with Gasteiger partial charge >= 0.3 is 0 Å². The fourth-order valence-corrected chi connectivity index (χ4v) is 7.41. The predicted molar refractivity (Wildman–Crippen MR) is 173 cm³/mol. The van der Waals surface area contributed by atoms with E-state index in [-0.39, 0.29) is 5.92 Å². The molecule has 1 unspecified atom stereocenters. The number of nitrogens with zero attached hydrogens (tertiary/aromatic N) is 3. The van der Waals surface area contributed by atoms with Crippen molar-refractivity contribution in [1.82, 2.24) is 15.0 Å². The van der Waals surface area contributed by atoms with E-state index in [2.05, 4.69) is 127 Å².